The van der Waals surface area contributed by atoms with E-state index in [1.807, 2.05) is 0 Å². The lowest BCUT2D eigenvalue weighted by molar-refractivity contribution is 0.509. The van der Waals surface area contributed by atoms with Gasteiger partial charge in [0.1, 0.15) is 0 Å². The molecule has 0 bridgehead atoms. The molecule has 0 heterocycles. The Hall–Kier alpha value is -1.70. The van der Waals surface area contributed by atoms with Crippen molar-refractivity contribution in [2.45, 2.75) is 48.5 Å². The molecule has 2 heteroatoms. The Bertz CT molecular complexity index is 493. The zero-order valence-corrected chi connectivity index (χ0v) is 14.6. The lowest BCUT2D eigenvalue weighted by Gasteiger charge is -2.25. The number of hydrogen-bond donors (Lipinski definition) is 2. The van der Waals surface area contributed by atoms with Crippen LogP contribution in [0.3, 0.4) is 0 Å². The molecule has 2 nitrogen and oxygen atoms in total. The molecule has 1 aromatic rings. The van der Waals surface area contributed by atoms with Gasteiger partial charge >= 0.3 is 0 Å². The van der Waals surface area contributed by atoms with Gasteiger partial charge in [-0.05, 0) is 30.7 Å². The van der Waals surface area contributed by atoms with E-state index in [9.17, 15) is 0 Å². The Morgan fingerprint density at radius 2 is 1.10 bits per heavy atom. The van der Waals surface area contributed by atoms with E-state index in [1.165, 1.54) is 5.56 Å². The summed E-state index contributed by atoms with van der Waals surface area (Å²) < 4.78 is 0. The van der Waals surface area contributed by atoms with Gasteiger partial charge in [-0.25, -0.2) is 0 Å². The number of benzene rings is 1. The molecule has 2 N–H and O–H groups in total. The lowest BCUT2D eigenvalue weighted by Crippen LogP contribution is -2.17. The molecule has 1 rings (SSSR count). The van der Waals surface area contributed by atoms with Gasteiger partial charge in [0, 0.05) is 33.6 Å². The Balaban J connectivity index is 2.96. The molecule has 0 aromatic heterocycles. The molecule has 0 aliphatic heterocycles. The molecular weight excluding hydrogens is 256 g/mol. The van der Waals surface area contributed by atoms with E-state index in [-0.39, 0.29) is 10.8 Å². The number of aryl methyl sites for hydroxylation is 1. The normalized spacial score (nSPS) is 12.0. The van der Waals surface area contributed by atoms with Crippen LogP contribution in [-0.4, -0.2) is 0 Å². The summed E-state index contributed by atoms with van der Waals surface area (Å²) >= 11 is 0. The number of nitrogens with one attached hydrogen (secondary N) is 2. The van der Waals surface area contributed by atoms with Gasteiger partial charge in [-0.15, -0.1) is 0 Å². The predicted octanol–water partition coefficient (Wildman–Crippen LogP) is 5.94. The van der Waals surface area contributed by atoms with E-state index in [0.717, 1.165) is 22.8 Å². The maximum absolute atomic E-state index is 4.13. The van der Waals surface area contributed by atoms with Crippen LogP contribution < -0.4 is 10.6 Å². The number of allylic oxidation sites excluding steroid dienone is 2. The molecule has 0 unspecified atom stereocenters. The van der Waals surface area contributed by atoms with Crippen LogP contribution in [0.15, 0.2) is 42.8 Å². The van der Waals surface area contributed by atoms with Crippen molar-refractivity contribution in [1.29, 1.82) is 0 Å². The third kappa shape index (κ3) is 5.30. The van der Waals surface area contributed by atoms with Gasteiger partial charge in [-0.1, -0.05) is 54.7 Å². The summed E-state index contributed by atoms with van der Waals surface area (Å²) in [4.78, 5) is 0. The third-order valence-corrected chi connectivity index (χ3v) is 3.48. The topological polar surface area (TPSA) is 24.1 Å². The fourth-order valence-electron chi connectivity index (χ4n) is 1.65. The van der Waals surface area contributed by atoms with Crippen LogP contribution in [-0.2, 0) is 0 Å². The third-order valence-electron chi connectivity index (χ3n) is 3.48. The van der Waals surface area contributed by atoms with Crippen molar-refractivity contribution in [3.05, 3.63) is 48.3 Å². The summed E-state index contributed by atoms with van der Waals surface area (Å²) in [6, 6.07) is 6.35. The van der Waals surface area contributed by atoms with Crippen LogP contribution in [0.25, 0.3) is 0 Å². The summed E-state index contributed by atoms with van der Waals surface area (Å²) in [6.07, 6.45) is 0. The molecule has 21 heavy (non-hydrogen) atoms. The Kier molecular flexibility index (Phi) is 4.93. The maximum Gasteiger partial charge on any atom is 0.0405 e. The Labute approximate surface area is 130 Å². The largest absolute Gasteiger partial charge is 0.359 e. The van der Waals surface area contributed by atoms with Crippen molar-refractivity contribution in [3.63, 3.8) is 0 Å². The van der Waals surface area contributed by atoms with Crippen LogP contribution in [0.1, 0.15) is 47.1 Å². The second-order valence-electron chi connectivity index (χ2n) is 7.79. The first-order valence-corrected chi connectivity index (χ1v) is 7.44. The van der Waals surface area contributed by atoms with Gasteiger partial charge in [0.15, 0.2) is 0 Å². The van der Waals surface area contributed by atoms with Crippen LogP contribution in [0.4, 0.5) is 11.4 Å². The molecule has 0 atom stereocenters. The van der Waals surface area contributed by atoms with Gasteiger partial charge in [-0.3, -0.25) is 0 Å². The number of rotatable bonds is 4. The van der Waals surface area contributed by atoms with E-state index in [2.05, 4.69) is 90.5 Å². The molecule has 0 amide bonds. The van der Waals surface area contributed by atoms with E-state index < -0.39 is 0 Å². The zero-order chi connectivity index (χ0) is 16.4. The first kappa shape index (κ1) is 17.4. The highest BCUT2D eigenvalue weighted by molar-refractivity contribution is 5.63. The van der Waals surface area contributed by atoms with E-state index in [4.69, 9.17) is 0 Å². The standard InChI is InChI=1S/C19H30N2/c1-13-10-16(20-14(2)18(4,5)6)12-17(11-13)21-15(3)19(7,8)9/h10-12,20-21H,2-3H2,1,4-9H3. The Morgan fingerprint density at radius 1 is 0.762 bits per heavy atom. The van der Waals surface area contributed by atoms with Crippen molar-refractivity contribution in [2.24, 2.45) is 10.8 Å². The molecule has 1 aromatic carbocycles. The van der Waals surface area contributed by atoms with E-state index in [0.29, 0.717) is 0 Å². The van der Waals surface area contributed by atoms with Gasteiger partial charge in [0.25, 0.3) is 0 Å². The molecule has 0 radical (unpaired) electrons. The molecule has 0 aliphatic rings. The first-order valence-electron chi connectivity index (χ1n) is 7.44. The van der Waals surface area contributed by atoms with Crippen LogP contribution in [0.2, 0.25) is 0 Å². The second-order valence-corrected chi connectivity index (χ2v) is 7.79. The molecule has 0 saturated carbocycles. The van der Waals surface area contributed by atoms with Crippen molar-refractivity contribution < 1.29 is 0 Å². The molecule has 116 valence electrons. The van der Waals surface area contributed by atoms with Crippen LogP contribution >= 0.6 is 0 Å². The average Bonchev–Trinajstić information content (AvgIpc) is 2.25. The zero-order valence-electron chi connectivity index (χ0n) is 14.6. The molecule has 0 aliphatic carbocycles. The highest BCUT2D eigenvalue weighted by atomic mass is 14.9. The van der Waals surface area contributed by atoms with Crippen LogP contribution in [0, 0.1) is 17.8 Å². The quantitative estimate of drug-likeness (QED) is 0.716. The van der Waals surface area contributed by atoms with Crippen LogP contribution in [0.5, 0.6) is 0 Å². The minimum absolute atomic E-state index is 0.0341. The van der Waals surface area contributed by atoms with Crippen molar-refractivity contribution in [3.8, 4) is 0 Å². The summed E-state index contributed by atoms with van der Waals surface area (Å²) in [5.41, 5.74) is 5.39. The smallest absolute Gasteiger partial charge is 0.0405 e. The lowest BCUT2D eigenvalue weighted by atomic mass is 9.92. The maximum atomic E-state index is 4.13. The minimum atomic E-state index is 0.0341. The summed E-state index contributed by atoms with van der Waals surface area (Å²) in [5, 5.41) is 6.82. The number of hydrogen-bond acceptors (Lipinski definition) is 2. The predicted molar refractivity (Wildman–Crippen MR) is 95.6 cm³/mol. The molecular formula is C19H30N2. The molecule has 0 spiro atoms. The van der Waals surface area contributed by atoms with E-state index in [1.54, 1.807) is 0 Å². The van der Waals surface area contributed by atoms with Gasteiger partial charge in [-0.2, -0.15) is 0 Å². The Morgan fingerprint density at radius 3 is 1.38 bits per heavy atom. The fourth-order valence-corrected chi connectivity index (χ4v) is 1.65. The fraction of sp³-hybridized carbons (Fsp3) is 0.474. The SMILES string of the molecule is C=C(Nc1cc(C)cc(NC(=C)C(C)(C)C)c1)C(C)(C)C. The van der Waals surface area contributed by atoms with Crippen molar-refractivity contribution in [2.75, 3.05) is 10.6 Å². The summed E-state index contributed by atoms with van der Waals surface area (Å²) in [6.45, 7) is 23.3. The highest BCUT2D eigenvalue weighted by Crippen LogP contribution is 2.29. The van der Waals surface area contributed by atoms with Crippen molar-refractivity contribution in [1.82, 2.24) is 0 Å². The molecule has 0 fully saturated rings. The summed E-state index contributed by atoms with van der Waals surface area (Å²) in [7, 11) is 0. The van der Waals surface area contributed by atoms with E-state index >= 15 is 0 Å². The number of anilines is 2. The van der Waals surface area contributed by atoms with Gasteiger partial charge in [0.05, 0.1) is 0 Å². The molecule has 0 saturated heterocycles. The van der Waals surface area contributed by atoms with Gasteiger partial charge < -0.3 is 10.6 Å². The highest BCUT2D eigenvalue weighted by Gasteiger charge is 2.17. The second kappa shape index (κ2) is 5.97. The first-order chi connectivity index (χ1) is 9.39. The minimum Gasteiger partial charge on any atom is -0.359 e. The van der Waals surface area contributed by atoms with Gasteiger partial charge in [0.2, 0.25) is 0 Å². The van der Waals surface area contributed by atoms with Crippen molar-refractivity contribution >= 4 is 11.4 Å². The summed E-state index contributed by atoms with van der Waals surface area (Å²) in [5.74, 6) is 0. The monoisotopic (exact) mass is 286 g/mol. The average molecular weight is 286 g/mol.